The molecule has 3 aromatic carbocycles. The number of carbonyl (C=O) groups excluding carboxylic acids is 1. The van der Waals surface area contributed by atoms with Crippen molar-refractivity contribution < 1.29 is 4.79 Å². The molecule has 0 spiro atoms. The summed E-state index contributed by atoms with van der Waals surface area (Å²) < 4.78 is 0. The largest absolute Gasteiger partial charge is 0.324 e. The first kappa shape index (κ1) is 24.7. The zero-order valence-electron chi connectivity index (χ0n) is 21.2. The number of anilines is 3. The Kier molecular flexibility index (Phi) is 7.87. The van der Waals surface area contributed by atoms with Crippen LogP contribution in [-0.2, 0) is 6.54 Å². The van der Waals surface area contributed by atoms with Crippen molar-refractivity contribution in [1.82, 2.24) is 15.3 Å². The molecule has 6 nitrogen and oxygen atoms in total. The van der Waals surface area contributed by atoms with E-state index in [1.165, 1.54) is 37.7 Å². The first-order valence-corrected chi connectivity index (χ1v) is 13.0. The zero-order chi connectivity index (χ0) is 25.5. The molecule has 6 heteroatoms. The van der Waals surface area contributed by atoms with Crippen molar-refractivity contribution in [1.29, 1.82) is 0 Å². The summed E-state index contributed by atoms with van der Waals surface area (Å²) >= 11 is 0. The van der Waals surface area contributed by atoms with Crippen LogP contribution in [0.15, 0.2) is 85.1 Å². The van der Waals surface area contributed by atoms with E-state index in [-0.39, 0.29) is 5.91 Å². The number of benzene rings is 3. The molecule has 37 heavy (non-hydrogen) atoms. The topological polar surface area (TPSA) is 78.9 Å². The smallest absolute Gasteiger partial charge is 0.255 e. The van der Waals surface area contributed by atoms with Crippen molar-refractivity contribution in [2.24, 2.45) is 0 Å². The van der Waals surface area contributed by atoms with E-state index in [4.69, 9.17) is 0 Å². The van der Waals surface area contributed by atoms with Gasteiger partial charge in [-0.05, 0) is 61.2 Å². The molecule has 3 N–H and O–H groups in total. The van der Waals surface area contributed by atoms with Gasteiger partial charge >= 0.3 is 0 Å². The molecular weight excluding hydrogens is 458 g/mol. The molecule has 1 aromatic heterocycles. The van der Waals surface area contributed by atoms with E-state index < -0.39 is 0 Å². The van der Waals surface area contributed by atoms with Crippen LogP contribution in [0, 0.1) is 6.92 Å². The van der Waals surface area contributed by atoms with Gasteiger partial charge < -0.3 is 16.0 Å². The second-order valence-electron chi connectivity index (χ2n) is 9.65. The Balaban J connectivity index is 1.22. The zero-order valence-corrected chi connectivity index (χ0v) is 21.2. The van der Waals surface area contributed by atoms with E-state index in [0.29, 0.717) is 23.2 Å². The number of carbonyl (C=O) groups is 1. The second kappa shape index (κ2) is 11.8. The highest BCUT2D eigenvalue weighted by atomic mass is 16.1. The van der Waals surface area contributed by atoms with Gasteiger partial charge in [0.25, 0.3) is 5.91 Å². The molecule has 1 aliphatic rings. The molecule has 5 rings (SSSR count). The lowest BCUT2D eigenvalue weighted by molar-refractivity contribution is 0.102. The third kappa shape index (κ3) is 6.60. The monoisotopic (exact) mass is 491 g/mol. The highest BCUT2D eigenvalue weighted by molar-refractivity contribution is 6.04. The van der Waals surface area contributed by atoms with E-state index in [9.17, 15) is 4.79 Å². The molecule has 0 unspecified atom stereocenters. The maximum atomic E-state index is 12.9. The number of nitrogens with zero attached hydrogens (tertiary/aromatic N) is 2. The third-order valence-corrected chi connectivity index (χ3v) is 6.88. The van der Waals surface area contributed by atoms with E-state index in [0.717, 1.165) is 29.1 Å². The lowest BCUT2D eigenvalue weighted by atomic mass is 9.95. The van der Waals surface area contributed by atoms with Crippen molar-refractivity contribution in [2.75, 3.05) is 10.6 Å². The van der Waals surface area contributed by atoms with Crippen molar-refractivity contribution in [3.8, 4) is 11.3 Å². The van der Waals surface area contributed by atoms with Gasteiger partial charge in [0.2, 0.25) is 5.95 Å². The molecule has 1 amide bonds. The standard InChI is InChI=1S/C31H33N5O/c1-22-12-17-27(20-29(22)36-31-32-19-18-28(35-31)24-8-4-2-5-9-24)34-30(37)25-15-13-23(14-16-25)21-33-26-10-6-3-7-11-26/h2,4-5,8-9,12-20,26,33H,3,6-7,10-11,21H2,1H3,(H,34,37)(H,32,35,36). The van der Waals surface area contributed by atoms with Crippen LogP contribution in [0.4, 0.5) is 17.3 Å². The average molecular weight is 492 g/mol. The molecule has 0 aliphatic heterocycles. The fraction of sp³-hybridized carbons (Fsp3) is 0.258. The maximum Gasteiger partial charge on any atom is 0.255 e. The molecule has 0 radical (unpaired) electrons. The van der Waals surface area contributed by atoms with Crippen molar-refractivity contribution in [3.05, 3.63) is 102 Å². The van der Waals surface area contributed by atoms with Gasteiger partial charge in [0.1, 0.15) is 0 Å². The summed E-state index contributed by atoms with van der Waals surface area (Å²) in [5.74, 6) is 0.370. The van der Waals surface area contributed by atoms with E-state index in [1.54, 1.807) is 6.20 Å². The minimum Gasteiger partial charge on any atom is -0.324 e. The number of hydrogen-bond acceptors (Lipinski definition) is 5. The molecule has 0 bridgehead atoms. The number of amides is 1. The number of hydrogen-bond donors (Lipinski definition) is 3. The van der Waals surface area contributed by atoms with Crippen LogP contribution in [0.2, 0.25) is 0 Å². The van der Waals surface area contributed by atoms with Crippen molar-refractivity contribution in [2.45, 2.75) is 51.6 Å². The molecule has 0 atom stereocenters. The quantitative estimate of drug-likeness (QED) is 0.251. The molecule has 4 aromatic rings. The Bertz CT molecular complexity index is 1330. The Labute approximate surface area is 218 Å². The summed E-state index contributed by atoms with van der Waals surface area (Å²) in [6.45, 7) is 2.85. The minimum atomic E-state index is -0.135. The predicted octanol–water partition coefficient (Wildman–Crippen LogP) is 6.87. The summed E-state index contributed by atoms with van der Waals surface area (Å²) in [4.78, 5) is 21.9. The molecule has 0 saturated heterocycles. The first-order valence-electron chi connectivity index (χ1n) is 13.0. The first-order chi connectivity index (χ1) is 18.1. The summed E-state index contributed by atoms with van der Waals surface area (Å²) in [5.41, 5.74) is 6.28. The van der Waals surface area contributed by atoms with Crippen LogP contribution in [0.25, 0.3) is 11.3 Å². The van der Waals surface area contributed by atoms with Crippen LogP contribution in [0.1, 0.15) is 53.6 Å². The van der Waals surface area contributed by atoms with Crippen LogP contribution < -0.4 is 16.0 Å². The van der Waals surface area contributed by atoms with Crippen LogP contribution in [0.3, 0.4) is 0 Å². The number of nitrogens with one attached hydrogen (secondary N) is 3. The van der Waals surface area contributed by atoms with E-state index >= 15 is 0 Å². The second-order valence-corrected chi connectivity index (χ2v) is 9.65. The Morgan fingerprint density at radius 1 is 0.919 bits per heavy atom. The highest BCUT2D eigenvalue weighted by Crippen LogP contribution is 2.25. The summed E-state index contributed by atoms with van der Waals surface area (Å²) in [5, 5.41) is 9.97. The van der Waals surface area contributed by atoms with Crippen LogP contribution in [-0.4, -0.2) is 21.9 Å². The van der Waals surface area contributed by atoms with Gasteiger partial charge in [-0.1, -0.05) is 67.8 Å². The lowest BCUT2D eigenvalue weighted by Gasteiger charge is -2.22. The van der Waals surface area contributed by atoms with Gasteiger partial charge in [-0.15, -0.1) is 0 Å². The maximum absolute atomic E-state index is 12.9. The van der Waals surface area contributed by atoms with Gasteiger partial charge in [-0.2, -0.15) is 0 Å². The molecule has 1 aliphatic carbocycles. The number of aryl methyl sites for hydroxylation is 1. The average Bonchev–Trinajstić information content (AvgIpc) is 2.95. The molecule has 1 heterocycles. The summed E-state index contributed by atoms with van der Waals surface area (Å²) in [6, 6.07) is 26.1. The SMILES string of the molecule is Cc1ccc(NC(=O)c2ccc(CNC3CCCCC3)cc2)cc1Nc1nccc(-c2ccccc2)n1. The fourth-order valence-corrected chi connectivity index (χ4v) is 4.69. The van der Waals surface area contributed by atoms with Crippen molar-refractivity contribution >= 4 is 23.2 Å². The molecule has 188 valence electrons. The Hall–Kier alpha value is -4.03. The fourth-order valence-electron chi connectivity index (χ4n) is 4.69. The number of aromatic nitrogens is 2. The van der Waals surface area contributed by atoms with E-state index in [2.05, 4.69) is 25.9 Å². The van der Waals surface area contributed by atoms with Crippen LogP contribution in [0.5, 0.6) is 0 Å². The van der Waals surface area contributed by atoms with Gasteiger partial charge in [0.15, 0.2) is 0 Å². The lowest BCUT2D eigenvalue weighted by Crippen LogP contribution is -2.30. The summed E-state index contributed by atoms with van der Waals surface area (Å²) in [7, 11) is 0. The Morgan fingerprint density at radius 2 is 1.70 bits per heavy atom. The third-order valence-electron chi connectivity index (χ3n) is 6.88. The molecule has 1 saturated carbocycles. The molecule has 1 fully saturated rings. The molecular formula is C31H33N5O. The minimum absolute atomic E-state index is 0.135. The van der Waals surface area contributed by atoms with Crippen molar-refractivity contribution in [3.63, 3.8) is 0 Å². The normalized spacial score (nSPS) is 13.8. The Morgan fingerprint density at radius 3 is 2.49 bits per heavy atom. The number of rotatable bonds is 8. The van der Waals surface area contributed by atoms with Gasteiger partial charge in [-0.25, -0.2) is 9.97 Å². The van der Waals surface area contributed by atoms with Crippen LogP contribution >= 0.6 is 0 Å². The van der Waals surface area contributed by atoms with Gasteiger partial charge in [0.05, 0.1) is 5.69 Å². The predicted molar refractivity (Wildman–Crippen MR) is 150 cm³/mol. The van der Waals surface area contributed by atoms with Gasteiger partial charge in [0, 0.05) is 41.3 Å². The van der Waals surface area contributed by atoms with E-state index in [1.807, 2.05) is 85.8 Å². The highest BCUT2D eigenvalue weighted by Gasteiger charge is 2.13. The summed E-state index contributed by atoms with van der Waals surface area (Å²) in [6.07, 6.45) is 8.26. The van der Waals surface area contributed by atoms with Gasteiger partial charge in [-0.3, -0.25) is 4.79 Å².